The number of benzene rings is 3. The number of hydrogen-bond acceptors (Lipinski definition) is 8. The maximum Gasteiger partial charge on any atom is 0.257 e. The molecule has 0 bridgehead atoms. The molecule has 10 heteroatoms. The third-order valence-electron chi connectivity index (χ3n) is 5.88. The molecule has 0 spiro atoms. The third kappa shape index (κ3) is 4.72. The van der Waals surface area contributed by atoms with Crippen LogP contribution in [-0.2, 0) is 6.42 Å². The second-order valence-electron chi connectivity index (χ2n) is 8.30. The van der Waals surface area contributed by atoms with Gasteiger partial charge in [0.15, 0.2) is 17.1 Å². The van der Waals surface area contributed by atoms with Crippen LogP contribution < -0.4 is 15.8 Å². The highest BCUT2D eigenvalue weighted by molar-refractivity contribution is 6.10. The summed E-state index contributed by atoms with van der Waals surface area (Å²) in [5.41, 5.74) is 10.0. The number of nitrogens with one attached hydrogen (secondary N) is 1. The van der Waals surface area contributed by atoms with E-state index in [1.54, 1.807) is 13.2 Å². The van der Waals surface area contributed by atoms with Gasteiger partial charge < -0.3 is 26.0 Å². The minimum atomic E-state index is -0.392. The highest BCUT2D eigenvalue weighted by Crippen LogP contribution is 2.28. The fraction of sp³-hybridized carbons (Fsp3) is 0.111. The van der Waals surface area contributed by atoms with Crippen LogP contribution in [0.4, 0.5) is 5.82 Å². The van der Waals surface area contributed by atoms with Gasteiger partial charge in [-0.25, -0.2) is 9.97 Å². The van der Waals surface area contributed by atoms with E-state index in [0.717, 1.165) is 11.3 Å². The van der Waals surface area contributed by atoms with Gasteiger partial charge in [0.1, 0.15) is 22.6 Å². The van der Waals surface area contributed by atoms with Crippen molar-refractivity contribution in [1.29, 1.82) is 0 Å². The first-order valence-corrected chi connectivity index (χ1v) is 11.5. The number of hydrogen-bond donors (Lipinski definition) is 4. The Bertz CT molecular complexity index is 1640. The molecule has 2 heterocycles. The molecule has 5 aromatic rings. The van der Waals surface area contributed by atoms with Gasteiger partial charge in [0.25, 0.3) is 5.91 Å². The number of para-hydroxylation sites is 2. The Morgan fingerprint density at radius 2 is 1.78 bits per heavy atom. The van der Waals surface area contributed by atoms with Crippen LogP contribution in [-0.4, -0.2) is 50.6 Å². The van der Waals surface area contributed by atoms with Crippen molar-refractivity contribution in [1.82, 2.24) is 20.0 Å². The first-order chi connectivity index (χ1) is 17.9. The molecule has 2 aromatic heterocycles. The van der Waals surface area contributed by atoms with E-state index in [0.29, 0.717) is 40.7 Å². The average molecular weight is 497 g/mol. The van der Waals surface area contributed by atoms with Crippen LogP contribution in [0.15, 0.2) is 71.8 Å². The number of phenolic OH excluding ortho intramolecular Hbond substituents is 2. The van der Waals surface area contributed by atoms with Gasteiger partial charge in [-0.1, -0.05) is 24.3 Å². The molecule has 0 aliphatic heterocycles. The summed E-state index contributed by atoms with van der Waals surface area (Å²) in [5, 5.41) is 26.7. The topological polar surface area (TPSA) is 148 Å². The number of fused-ring (bicyclic) bond motifs is 2. The van der Waals surface area contributed by atoms with Crippen LogP contribution in [0.2, 0.25) is 0 Å². The predicted octanol–water partition coefficient (Wildman–Crippen LogP) is 3.44. The quantitative estimate of drug-likeness (QED) is 0.199. The van der Waals surface area contributed by atoms with Crippen molar-refractivity contribution < 1.29 is 19.7 Å². The largest absolute Gasteiger partial charge is 0.504 e. The van der Waals surface area contributed by atoms with Gasteiger partial charge in [-0.15, -0.1) is 0 Å². The summed E-state index contributed by atoms with van der Waals surface area (Å²) in [6.07, 6.45) is 2.06. The molecular formula is C27H24N6O4. The van der Waals surface area contributed by atoms with Crippen LogP contribution in [0.25, 0.3) is 22.2 Å². The first kappa shape index (κ1) is 23.6. The lowest BCUT2D eigenvalue weighted by atomic mass is 10.1. The number of aromatic hydroxyl groups is 2. The molecule has 0 saturated heterocycles. The highest BCUT2D eigenvalue weighted by atomic mass is 16.5. The van der Waals surface area contributed by atoms with Crippen molar-refractivity contribution in [3.05, 3.63) is 83.4 Å². The molecule has 5 rings (SSSR count). The van der Waals surface area contributed by atoms with Gasteiger partial charge in [0.05, 0.1) is 24.4 Å². The molecule has 0 radical (unpaired) electrons. The lowest BCUT2D eigenvalue weighted by Gasteiger charge is -2.06. The van der Waals surface area contributed by atoms with Crippen molar-refractivity contribution in [3.8, 4) is 17.2 Å². The predicted molar refractivity (Wildman–Crippen MR) is 141 cm³/mol. The standard InChI is InChI=1S/C27H24N6O4/c1-37-18-9-6-16(7-10-18)12-13-29-27(36)23-24-26(32-20-5-3-2-4-19(20)31-24)33(25(23)28)30-15-17-8-11-21(34)22(35)14-17/h2-11,14-15,34-35H,12-13,28H2,1H3,(H,29,36). The van der Waals surface area contributed by atoms with E-state index in [1.165, 1.54) is 23.0 Å². The highest BCUT2D eigenvalue weighted by Gasteiger charge is 2.24. The Morgan fingerprint density at radius 3 is 2.49 bits per heavy atom. The van der Waals surface area contributed by atoms with Crippen molar-refractivity contribution >= 4 is 40.1 Å². The Balaban J connectivity index is 1.49. The lowest BCUT2D eigenvalue weighted by molar-refractivity contribution is 0.0956. The summed E-state index contributed by atoms with van der Waals surface area (Å²) in [6.45, 7) is 0.383. The number of anilines is 1. The lowest BCUT2D eigenvalue weighted by Crippen LogP contribution is -2.26. The van der Waals surface area contributed by atoms with E-state index in [-0.39, 0.29) is 22.9 Å². The van der Waals surface area contributed by atoms with E-state index >= 15 is 0 Å². The zero-order chi connectivity index (χ0) is 25.9. The molecule has 3 aromatic carbocycles. The fourth-order valence-electron chi connectivity index (χ4n) is 3.93. The van der Waals surface area contributed by atoms with E-state index in [2.05, 4.69) is 20.4 Å². The fourth-order valence-corrected chi connectivity index (χ4v) is 3.93. The van der Waals surface area contributed by atoms with E-state index < -0.39 is 5.91 Å². The van der Waals surface area contributed by atoms with E-state index in [4.69, 9.17) is 10.5 Å². The van der Waals surface area contributed by atoms with Crippen LogP contribution in [0.5, 0.6) is 17.2 Å². The van der Waals surface area contributed by atoms with Crippen molar-refractivity contribution in [2.75, 3.05) is 19.4 Å². The average Bonchev–Trinajstić information content (AvgIpc) is 3.18. The SMILES string of the molecule is COc1ccc(CCNC(=O)c2c(N)n(N=Cc3ccc(O)c(O)c3)c3nc4ccccc4nc23)cc1. The number of nitrogens with two attached hydrogens (primary N) is 1. The second kappa shape index (κ2) is 9.86. The molecule has 0 aliphatic carbocycles. The number of carbonyl (C=O) groups excluding carboxylic acids is 1. The summed E-state index contributed by atoms with van der Waals surface area (Å²) in [4.78, 5) is 22.6. The number of nitrogen functional groups attached to an aromatic ring is 1. The van der Waals surface area contributed by atoms with Gasteiger partial charge in [0.2, 0.25) is 0 Å². The molecule has 0 atom stereocenters. The monoisotopic (exact) mass is 496 g/mol. The number of rotatable bonds is 7. The van der Waals surface area contributed by atoms with Crippen LogP contribution in [0.1, 0.15) is 21.5 Å². The van der Waals surface area contributed by atoms with E-state index in [1.807, 2.05) is 48.5 Å². The Morgan fingerprint density at radius 1 is 1.05 bits per heavy atom. The number of carbonyl (C=O) groups is 1. The number of amides is 1. The zero-order valence-corrected chi connectivity index (χ0v) is 19.9. The second-order valence-corrected chi connectivity index (χ2v) is 8.30. The summed E-state index contributed by atoms with van der Waals surface area (Å²) >= 11 is 0. The Labute approximate surface area is 211 Å². The maximum atomic E-state index is 13.3. The summed E-state index contributed by atoms with van der Waals surface area (Å²) in [7, 11) is 1.61. The molecular weight excluding hydrogens is 472 g/mol. The zero-order valence-electron chi connectivity index (χ0n) is 19.9. The number of ether oxygens (including phenoxy) is 1. The number of methoxy groups -OCH3 is 1. The molecule has 0 saturated carbocycles. The molecule has 37 heavy (non-hydrogen) atoms. The number of nitrogens with zero attached hydrogens (tertiary/aromatic N) is 4. The van der Waals surface area contributed by atoms with Crippen molar-refractivity contribution in [2.24, 2.45) is 5.10 Å². The summed E-state index contributed by atoms with van der Waals surface area (Å²) < 4.78 is 6.53. The van der Waals surface area contributed by atoms with Gasteiger partial charge in [-0.05, 0) is 60.0 Å². The van der Waals surface area contributed by atoms with Crippen LogP contribution >= 0.6 is 0 Å². The van der Waals surface area contributed by atoms with Gasteiger partial charge in [0, 0.05) is 6.54 Å². The number of aromatic nitrogens is 3. The molecule has 0 fully saturated rings. The normalized spacial score (nSPS) is 11.4. The Hall–Kier alpha value is -5.12. The molecule has 186 valence electrons. The molecule has 10 nitrogen and oxygen atoms in total. The smallest absolute Gasteiger partial charge is 0.257 e. The van der Waals surface area contributed by atoms with Crippen LogP contribution in [0, 0.1) is 0 Å². The minimum absolute atomic E-state index is 0.0755. The number of phenols is 2. The molecule has 0 unspecified atom stereocenters. The molecule has 0 aliphatic rings. The summed E-state index contributed by atoms with van der Waals surface area (Å²) in [6, 6.07) is 19.2. The Kier molecular flexibility index (Phi) is 6.29. The first-order valence-electron chi connectivity index (χ1n) is 11.5. The van der Waals surface area contributed by atoms with Crippen molar-refractivity contribution in [2.45, 2.75) is 6.42 Å². The van der Waals surface area contributed by atoms with Gasteiger partial charge >= 0.3 is 0 Å². The van der Waals surface area contributed by atoms with Gasteiger partial charge in [-0.3, -0.25) is 4.79 Å². The summed E-state index contributed by atoms with van der Waals surface area (Å²) in [5.74, 6) is -0.0726. The van der Waals surface area contributed by atoms with Gasteiger partial charge in [-0.2, -0.15) is 9.78 Å². The van der Waals surface area contributed by atoms with E-state index in [9.17, 15) is 15.0 Å². The molecule has 5 N–H and O–H groups in total. The van der Waals surface area contributed by atoms with Crippen molar-refractivity contribution in [3.63, 3.8) is 0 Å². The minimum Gasteiger partial charge on any atom is -0.504 e. The third-order valence-corrected chi connectivity index (χ3v) is 5.88. The maximum absolute atomic E-state index is 13.3. The van der Waals surface area contributed by atoms with Crippen LogP contribution in [0.3, 0.4) is 0 Å². The molecule has 1 amide bonds.